The van der Waals surface area contributed by atoms with Crippen LogP contribution in [-0.4, -0.2) is 54.9 Å². The Kier molecular flexibility index (Phi) is 8.01. The number of ether oxygens (including phenoxy) is 2. The fraction of sp³-hybridized carbons (Fsp3) is 0.222. The molecule has 0 aliphatic rings. The summed E-state index contributed by atoms with van der Waals surface area (Å²) >= 11 is 4.92. The molecule has 13 heteroatoms. The second-order valence-electron chi connectivity index (χ2n) is 5.82. The third-order valence-electron chi connectivity index (χ3n) is 3.84. The number of halogens is 1. The summed E-state index contributed by atoms with van der Waals surface area (Å²) in [7, 11) is -2.50. The summed E-state index contributed by atoms with van der Waals surface area (Å²) in [4.78, 5) is 17.4. The molecule has 0 radical (unpaired) electrons. The summed E-state index contributed by atoms with van der Waals surface area (Å²) in [5, 5.41) is 0. The van der Waals surface area contributed by atoms with E-state index in [-0.39, 0.29) is 30.9 Å². The van der Waals surface area contributed by atoms with E-state index in [1.807, 2.05) is 18.4 Å². The van der Waals surface area contributed by atoms with Crippen LogP contribution in [0.3, 0.4) is 0 Å². The summed E-state index contributed by atoms with van der Waals surface area (Å²) in [6.45, 7) is 0.298. The molecule has 0 saturated heterocycles. The maximum absolute atomic E-state index is 12.0. The van der Waals surface area contributed by atoms with Gasteiger partial charge in [-0.3, -0.25) is 4.72 Å². The van der Waals surface area contributed by atoms with E-state index >= 15 is 0 Å². The van der Waals surface area contributed by atoms with E-state index in [1.165, 1.54) is 25.1 Å². The Morgan fingerprint density at radius 3 is 2.35 bits per heavy atom. The standard InChI is InChI=1S/C18H19BrN6O4S2/c1-20-31(26,27)25-16-15(12-3-5-13(19)6-4-12)17(24-11-23-16)28-7-8-29-18-21-9-14(30-2)10-22-18/h3-6,9-11,20H,7-8H2,1-2H3,(H,23,24,25). The average Bonchev–Trinajstić information content (AvgIpc) is 2.78. The van der Waals surface area contributed by atoms with Gasteiger partial charge in [-0.15, -0.1) is 11.8 Å². The molecular weight excluding hydrogens is 508 g/mol. The highest BCUT2D eigenvalue weighted by Gasteiger charge is 2.19. The lowest BCUT2D eigenvalue weighted by molar-refractivity contribution is 0.201. The molecule has 2 heterocycles. The molecule has 2 N–H and O–H groups in total. The average molecular weight is 527 g/mol. The van der Waals surface area contributed by atoms with Crippen molar-refractivity contribution >= 4 is 43.7 Å². The van der Waals surface area contributed by atoms with Crippen molar-refractivity contribution in [1.82, 2.24) is 24.7 Å². The predicted molar refractivity (Wildman–Crippen MR) is 122 cm³/mol. The Labute approximate surface area is 192 Å². The van der Waals surface area contributed by atoms with Crippen LogP contribution in [0.1, 0.15) is 0 Å². The number of hydrogen-bond acceptors (Lipinski definition) is 9. The van der Waals surface area contributed by atoms with Gasteiger partial charge in [0.2, 0.25) is 5.88 Å². The second-order valence-corrected chi connectivity index (χ2v) is 9.24. The van der Waals surface area contributed by atoms with Crippen LogP contribution in [-0.2, 0) is 10.2 Å². The fourth-order valence-electron chi connectivity index (χ4n) is 2.37. The molecule has 0 amide bonds. The van der Waals surface area contributed by atoms with Gasteiger partial charge in [-0.1, -0.05) is 28.1 Å². The van der Waals surface area contributed by atoms with Gasteiger partial charge in [0.1, 0.15) is 19.5 Å². The van der Waals surface area contributed by atoms with Gasteiger partial charge in [0, 0.05) is 28.8 Å². The number of benzene rings is 1. The Balaban J connectivity index is 1.79. The molecule has 3 aromatic rings. The summed E-state index contributed by atoms with van der Waals surface area (Å²) in [5.74, 6) is 0.284. The monoisotopic (exact) mass is 526 g/mol. The van der Waals surface area contributed by atoms with Gasteiger partial charge in [0.25, 0.3) is 10.2 Å². The SMILES string of the molecule is CNS(=O)(=O)Nc1ncnc(OCCOc2ncc(SC)cn2)c1-c1ccc(Br)cc1. The number of nitrogens with zero attached hydrogens (tertiary/aromatic N) is 4. The molecule has 0 fully saturated rings. The van der Waals surface area contributed by atoms with Crippen molar-refractivity contribution in [3.8, 4) is 23.0 Å². The Morgan fingerprint density at radius 2 is 1.71 bits per heavy atom. The smallest absolute Gasteiger partial charge is 0.316 e. The molecule has 3 rings (SSSR count). The highest BCUT2D eigenvalue weighted by atomic mass is 79.9. The minimum atomic E-state index is -3.79. The molecule has 10 nitrogen and oxygen atoms in total. The van der Waals surface area contributed by atoms with Crippen LogP contribution < -0.4 is 18.9 Å². The molecule has 0 aliphatic carbocycles. The molecule has 2 aromatic heterocycles. The zero-order valence-electron chi connectivity index (χ0n) is 16.6. The lowest BCUT2D eigenvalue weighted by atomic mass is 10.1. The van der Waals surface area contributed by atoms with Crippen molar-refractivity contribution in [3.63, 3.8) is 0 Å². The van der Waals surface area contributed by atoms with Crippen molar-refractivity contribution in [1.29, 1.82) is 0 Å². The second kappa shape index (κ2) is 10.7. The third-order valence-corrected chi connectivity index (χ3v) is 6.05. The first-order valence-corrected chi connectivity index (χ1v) is 12.4. The largest absolute Gasteiger partial charge is 0.473 e. The normalized spacial score (nSPS) is 11.2. The van der Waals surface area contributed by atoms with Crippen molar-refractivity contribution in [2.24, 2.45) is 0 Å². The Morgan fingerprint density at radius 1 is 1.03 bits per heavy atom. The van der Waals surface area contributed by atoms with Crippen LogP contribution in [0.15, 0.2) is 52.4 Å². The van der Waals surface area contributed by atoms with Gasteiger partial charge in [0.15, 0.2) is 5.82 Å². The lowest BCUT2D eigenvalue weighted by Crippen LogP contribution is -2.27. The van der Waals surface area contributed by atoms with E-state index in [4.69, 9.17) is 9.47 Å². The van der Waals surface area contributed by atoms with Crippen LogP contribution in [0.5, 0.6) is 11.9 Å². The summed E-state index contributed by atoms with van der Waals surface area (Å²) in [6.07, 6.45) is 6.49. The number of thioether (sulfide) groups is 1. The zero-order valence-corrected chi connectivity index (χ0v) is 19.8. The minimum Gasteiger partial charge on any atom is -0.473 e. The number of anilines is 1. The van der Waals surface area contributed by atoms with Gasteiger partial charge in [-0.2, -0.15) is 8.42 Å². The van der Waals surface area contributed by atoms with E-state index in [9.17, 15) is 8.42 Å². The van der Waals surface area contributed by atoms with Crippen molar-refractivity contribution in [2.45, 2.75) is 4.90 Å². The van der Waals surface area contributed by atoms with Crippen molar-refractivity contribution in [2.75, 3.05) is 31.2 Å². The fourth-order valence-corrected chi connectivity index (χ4v) is 3.46. The first-order chi connectivity index (χ1) is 14.9. The maximum atomic E-state index is 12.0. The van der Waals surface area contributed by atoms with E-state index in [0.29, 0.717) is 11.1 Å². The van der Waals surface area contributed by atoms with Crippen molar-refractivity contribution in [3.05, 3.63) is 47.5 Å². The zero-order chi connectivity index (χ0) is 22.3. The van der Waals surface area contributed by atoms with E-state index in [2.05, 4.69) is 45.3 Å². The topological polar surface area (TPSA) is 128 Å². The van der Waals surface area contributed by atoms with Gasteiger partial charge in [-0.25, -0.2) is 24.7 Å². The van der Waals surface area contributed by atoms with Crippen molar-refractivity contribution < 1.29 is 17.9 Å². The number of rotatable bonds is 10. The molecule has 0 aliphatic heterocycles. The maximum Gasteiger partial charge on any atom is 0.316 e. The van der Waals surface area contributed by atoms with E-state index in [1.54, 1.807) is 24.5 Å². The predicted octanol–water partition coefficient (Wildman–Crippen LogP) is 2.75. The van der Waals surface area contributed by atoms with Crippen LogP contribution in [0, 0.1) is 0 Å². The molecule has 164 valence electrons. The Bertz CT molecular complexity index is 1110. The molecule has 0 atom stereocenters. The number of aromatic nitrogens is 4. The summed E-state index contributed by atoms with van der Waals surface area (Å²) < 4.78 is 40.7. The van der Waals surface area contributed by atoms with Gasteiger partial charge in [0.05, 0.1) is 5.56 Å². The lowest BCUT2D eigenvalue weighted by Gasteiger charge is -2.15. The highest BCUT2D eigenvalue weighted by Crippen LogP contribution is 2.34. The first kappa shape index (κ1) is 23.2. The van der Waals surface area contributed by atoms with Gasteiger partial charge < -0.3 is 9.47 Å². The van der Waals surface area contributed by atoms with E-state index < -0.39 is 10.2 Å². The highest BCUT2D eigenvalue weighted by molar-refractivity contribution is 9.10. The number of hydrogen-bond donors (Lipinski definition) is 2. The van der Waals surface area contributed by atoms with Crippen LogP contribution >= 0.6 is 27.7 Å². The summed E-state index contributed by atoms with van der Waals surface area (Å²) in [5.41, 5.74) is 1.07. The Hall–Kier alpha value is -2.48. The molecule has 0 unspecified atom stereocenters. The molecular formula is C18H19BrN6O4S2. The molecule has 0 spiro atoms. The van der Waals surface area contributed by atoms with Crippen LogP contribution in [0.25, 0.3) is 11.1 Å². The minimum absolute atomic E-state index is 0.0820. The van der Waals surface area contributed by atoms with E-state index in [0.717, 1.165) is 9.37 Å². The molecule has 31 heavy (non-hydrogen) atoms. The van der Waals surface area contributed by atoms with Gasteiger partial charge in [-0.05, 0) is 24.0 Å². The van der Waals surface area contributed by atoms with Crippen LogP contribution in [0.2, 0.25) is 0 Å². The van der Waals surface area contributed by atoms with Gasteiger partial charge >= 0.3 is 6.01 Å². The first-order valence-electron chi connectivity index (χ1n) is 8.85. The molecule has 0 saturated carbocycles. The quantitative estimate of drug-likeness (QED) is 0.302. The third kappa shape index (κ3) is 6.50. The molecule has 0 bridgehead atoms. The summed E-state index contributed by atoms with van der Waals surface area (Å²) in [6, 6.07) is 7.47. The number of nitrogens with one attached hydrogen (secondary N) is 2. The van der Waals surface area contributed by atoms with Crippen LogP contribution in [0.4, 0.5) is 5.82 Å². The molecule has 1 aromatic carbocycles.